The van der Waals surface area contributed by atoms with Crippen molar-refractivity contribution in [1.82, 2.24) is 0 Å². The SMILES string of the molecule is CCCCCCCCCCC(=O)c1ccccc1F. The summed E-state index contributed by atoms with van der Waals surface area (Å²) in [5.74, 6) is -0.462. The van der Waals surface area contributed by atoms with Crippen molar-refractivity contribution >= 4 is 5.78 Å². The minimum atomic E-state index is -0.396. The lowest BCUT2D eigenvalue weighted by Gasteiger charge is -2.03. The minimum absolute atomic E-state index is 0.0657. The lowest BCUT2D eigenvalue weighted by molar-refractivity contribution is 0.0975. The molecule has 1 aromatic rings. The predicted octanol–water partition coefficient (Wildman–Crippen LogP) is 5.54. The molecule has 0 aliphatic carbocycles. The van der Waals surface area contributed by atoms with Gasteiger partial charge in [0.15, 0.2) is 5.78 Å². The number of ketones is 1. The summed E-state index contributed by atoms with van der Waals surface area (Å²) >= 11 is 0. The molecule has 106 valence electrons. The van der Waals surface area contributed by atoms with Crippen molar-refractivity contribution in [2.24, 2.45) is 0 Å². The molecule has 19 heavy (non-hydrogen) atoms. The van der Waals surface area contributed by atoms with E-state index in [1.54, 1.807) is 18.2 Å². The quantitative estimate of drug-likeness (QED) is 0.400. The third kappa shape index (κ3) is 6.51. The molecule has 0 atom stereocenters. The smallest absolute Gasteiger partial charge is 0.165 e. The summed E-state index contributed by atoms with van der Waals surface area (Å²) in [6, 6.07) is 6.25. The van der Waals surface area contributed by atoms with Gasteiger partial charge in [0.1, 0.15) is 5.82 Å². The lowest BCUT2D eigenvalue weighted by atomic mass is 10.0. The van der Waals surface area contributed by atoms with Gasteiger partial charge in [-0.15, -0.1) is 0 Å². The second-order valence-electron chi connectivity index (χ2n) is 5.13. The van der Waals surface area contributed by atoms with E-state index in [0.29, 0.717) is 6.42 Å². The van der Waals surface area contributed by atoms with Crippen molar-refractivity contribution < 1.29 is 9.18 Å². The van der Waals surface area contributed by atoms with Crippen LogP contribution < -0.4 is 0 Å². The van der Waals surface area contributed by atoms with Crippen LogP contribution in [-0.4, -0.2) is 5.78 Å². The monoisotopic (exact) mass is 264 g/mol. The van der Waals surface area contributed by atoms with Crippen molar-refractivity contribution in [3.05, 3.63) is 35.6 Å². The van der Waals surface area contributed by atoms with Crippen molar-refractivity contribution in [3.8, 4) is 0 Å². The molecule has 0 N–H and O–H groups in total. The summed E-state index contributed by atoms with van der Waals surface area (Å²) in [7, 11) is 0. The normalized spacial score (nSPS) is 10.6. The Labute approximate surface area is 116 Å². The molecule has 0 saturated heterocycles. The van der Waals surface area contributed by atoms with Crippen LogP contribution in [0.4, 0.5) is 4.39 Å². The average molecular weight is 264 g/mol. The Balaban J connectivity index is 2.10. The second kappa shape index (κ2) is 9.71. The molecule has 0 fully saturated rings. The highest BCUT2D eigenvalue weighted by atomic mass is 19.1. The molecule has 0 unspecified atom stereocenters. The summed E-state index contributed by atoms with van der Waals surface area (Å²) in [5, 5.41) is 0. The molecule has 0 radical (unpaired) electrons. The molecule has 0 bridgehead atoms. The third-order valence-corrected chi connectivity index (χ3v) is 3.43. The number of halogens is 1. The highest BCUT2D eigenvalue weighted by Crippen LogP contribution is 2.13. The van der Waals surface area contributed by atoms with E-state index in [9.17, 15) is 9.18 Å². The molecule has 1 rings (SSSR count). The average Bonchev–Trinajstić information content (AvgIpc) is 2.42. The Morgan fingerprint density at radius 1 is 0.947 bits per heavy atom. The van der Waals surface area contributed by atoms with Crippen LogP contribution in [0.2, 0.25) is 0 Å². The molecule has 1 aromatic carbocycles. The zero-order valence-corrected chi connectivity index (χ0v) is 12.0. The Morgan fingerprint density at radius 3 is 2.16 bits per heavy atom. The summed E-state index contributed by atoms with van der Waals surface area (Å²) in [4.78, 5) is 11.8. The molecular formula is C17H25FO. The molecule has 0 heterocycles. The first-order valence-electron chi connectivity index (χ1n) is 7.53. The molecule has 0 aromatic heterocycles. The van der Waals surface area contributed by atoms with Crippen molar-refractivity contribution in [2.75, 3.05) is 0 Å². The third-order valence-electron chi connectivity index (χ3n) is 3.43. The topological polar surface area (TPSA) is 17.1 Å². The van der Waals surface area contributed by atoms with Gasteiger partial charge in [-0.05, 0) is 18.6 Å². The van der Waals surface area contributed by atoms with Gasteiger partial charge in [0, 0.05) is 6.42 Å². The fraction of sp³-hybridized carbons (Fsp3) is 0.588. The van der Waals surface area contributed by atoms with Gasteiger partial charge < -0.3 is 0 Å². The van der Waals surface area contributed by atoms with Gasteiger partial charge in [0.05, 0.1) is 5.56 Å². The van der Waals surface area contributed by atoms with Crippen LogP contribution in [0.15, 0.2) is 24.3 Å². The fourth-order valence-electron chi connectivity index (χ4n) is 2.24. The number of carbonyl (C=O) groups is 1. The van der Waals surface area contributed by atoms with Crippen LogP contribution in [0, 0.1) is 5.82 Å². The predicted molar refractivity (Wildman–Crippen MR) is 78.0 cm³/mol. The summed E-state index contributed by atoms with van der Waals surface area (Å²) in [6.45, 7) is 2.22. The standard InChI is InChI=1S/C17H25FO/c1-2-3-4-5-6-7-8-9-14-17(19)15-12-10-11-13-16(15)18/h10-13H,2-9,14H2,1H3. The van der Waals surface area contributed by atoms with E-state index >= 15 is 0 Å². The van der Waals surface area contributed by atoms with E-state index in [2.05, 4.69) is 6.92 Å². The highest BCUT2D eigenvalue weighted by molar-refractivity contribution is 5.96. The molecule has 0 aliphatic rings. The maximum Gasteiger partial charge on any atom is 0.165 e. The van der Waals surface area contributed by atoms with Crippen molar-refractivity contribution in [2.45, 2.75) is 64.7 Å². The zero-order valence-electron chi connectivity index (χ0n) is 12.0. The van der Waals surface area contributed by atoms with E-state index < -0.39 is 5.82 Å². The van der Waals surface area contributed by atoms with Gasteiger partial charge in [-0.25, -0.2) is 4.39 Å². The number of carbonyl (C=O) groups excluding carboxylic acids is 1. The summed E-state index contributed by atoms with van der Waals surface area (Å²) < 4.78 is 13.4. The van der Waals surface area contributed by atoms with Gasteiger partial charge in [0.25, 0.3) is 0 Å². The highest BCUT2D eigenvalue weighted by Gasteiger charge is 2.09. The number of Topliss-reactive ketones (excluding diaryl/α,β-unsaturated/α-hetero) is 1. The van der Waals surface area contributed by atoms with Gasteiger partial charge in [0.2, 0.25) is 0 Å². The summed E-state index contributed by atoms with van der Waals surface area (Å²) in [5.41, 5.74) is 0.241. The maximum absolute atomic E-state index is 13.4. The largest absolute Gasteiger partial charge is 0.294 e. The molecule has 0 amide bonds. The molecule has 0 aliphatic heterocycles. The molecular weight excluding hydrogens is 239 g/mol. The number of unbranched alkanes of at least 4 members (excludes halogenated alkanes) is 7. The Hall–Kier alpha value is -1.18. The van der Waals surface area contributed by atoms with Gasteiger partial charge in [-0.2, -0.15) is 0 Å². The van der Waals surface area contributed by atoms with Crippen LogP contribution in [0.3, 0.4) is 0 Å². The molecule has 1 nitrogen and oxygen atoms in total. The van der Waals surface area contributed by atoms with E-state index in [0.717, 1.165) is 12.8 Å². The fourth-order valence-corrected chi connectivity index (χ4v) is 2.24. The molecule has 0 saturated carbocycles. The van der Waals surface area contributed by atoms with Crippen LogP contribution in [0.5, 0.6) is 0 Å². The van der Waals surface area contributed by atoms with Gasteiger partial charge in [-0.3, -0.25) is 4.79 Å². The Kier molecular flexibility index (Phi) is 8.11. The van der Waals surface area contributed by atoms with E-state index in [1.807, 2.05) is 0 Å². The first-order chi connectivity index (χ1) is 9.25. The minimum Gasteiger partial charge on any atom is -0.294 e. The Morgan fingerprint density at radius 2 is 1.53 bits per heavy atom. The van der Waals surface area contributed by atoms with Crippen LogP contribution >= 0.6 is 0 Å². The first-order valence-corrected chi connectivity index (χ1v) is 7.53. The van der Waals surface area contributed by atoms with Crippen molar-refractivity contribution in [1.29, 1.82) is 0 Å². The van der Waals surface area contributed by atoms with Crippen LogP contribution in [0.1, 0.15) is 75.1 Å². The van der Waals surface area contributed by atoms with Gasteiger partial charge >= 0.3 is 0 Å². The van der Waals surface area contributed by atoms with E-state index in [-0.39, 0.29) is 11.3 Å². The molecule has 2 heteroatoms. The van der Waals surface area contributed by atoms with Crippen molar-refractivity contribution in [3.63, 3.8) is 0 Å². The van der Waals surface area contributed by atoms with E-state index in [1.165, 1.54) is 44.6 Å². The number of hydrogen-bond acceptors (Lipinski definition) is 1. The van der Waals surface area contributed by atoms with Crippen LogP contribution in [0.25, 0.3) is 0 Å². The second-order valence-corrected chi connectivity index (χ2v) is 5.13. The summed E-state index contributed by atoms with van der Waals surface area (Å²) in [6.07, 6.45) is 10.1. The first kappa shape index (κ1) is 15.9. The number of hydrogen-bond donors (Lipinski definition) is 0. The number of rotatable bonds is 10. The number of benzene rings is 1. The van der Waals surface area contributed by atoms with Gasteiger partial charge in [-0.1, -0.05) is 64.0 Å². The zero-order chi connectivity index (χ0) is 13.9. The Bertz CT molecular complexity index is 373. The van der Waals surface area contributed by atoms with Crippen LogP contribution in [-0.2, 0) is 0 Å². The maximum atomic E-state index is 13.4. The molecule has 0 spiro atoms. The van der Waals surface area contributed by atoms with E-state index in [4.69, 9.17) is 0 Å². The lowest BCUT2D eigenvalue weighted by Crippen LogP contribution is -2.01.